The van der Waals surface area contributed by atoms with Crippen molar-refractivity contribution in [2.45, 2.75) is 4.90 Å². The molecular weight excluding hydrogens is 269 g/mol. The summed E-state index contributed by atoms with van der Waals surface area (Å²) < 4.78 is 21.6. The maximum atomic E-state index is 10.8. The van der Waals surface area contributed by atoms with Crippen LogP contribution < -0.4 is 5.56 Å². The van der Waals surface area contributed by atoms with Crippen molar-refractivity contribution < 1.29 is 8.42 Å². The highest BCUT2D eigenvalue weighted by atomic mass is 79.9. The first-order valence-corrected chi connectivity index (χ1v) is 5.85. The number of nitrogens with one attached hydrogen (secondary N) is 1. The first-order chi connectivity index (χ1) is 5.41. The Balaban J connectivity index is 3.49. The third kappa shape index (κ3) is 2.09. The number of halogens is 2. The highest BCUT2D eigenvalue weighted by Crippen LogP contribution is 2.20. The van der Waals surface area contributed by atoms with Crippen LogP contribution >= 0.6 is 26.6 Å². The highest BCUT2D eigenvalue weighted by molar-refractivity contribution is 9.10. The van der Waals surface area contributed by atoms with Crippen LogP contribution in [0.4, 0.5) is 0 Å². The van der Waals surface area contributed by atoms with Gasteiger partial charge in [-0.25, -0.2) is 8.42 Å². The molecule has 0 spiro atoms. The van der Waals surface area contributed by atoms with E-state index in [0.717, 1.165) is 12.1 Å². The molecule has 1 rings (SSSR count). The number of hydrogen-bond donors (Lipinski definition) is 1. The number of aromatic amines is 1. The van der Waals surface area contributed by atoms with Crippen LogP contribution in [0.15, 0.2) is 26.4 Å². The van der Waals surface area contributed by atoms with Crippen LogP contribution in [0.25, 0.3) is 0 Å². The Labute approximate surface area is 81.1 Å². The van der Waals surface area contributed by atoms with E-state index in [1.54, 1.807) is 0 Å². The predicted octanol–water partition coefficient (Wildman–Crippen LogP) is 1.06. The van der Waals surface area contributed by atoms with Crippen LogP contribution in [-0.2, 0) is 9.05 Å². The quantitative estimate of drug-likeness (QED) is 0.614. The summed E-state index contributed by atoms with van der Waals surface area (Å²) in [6.45, 7) is 0. The van der Waals surface area contributed by atoms with Crippen LogP contribution in [-0.4, -0.2) is 13.4 Å². The number of aromatic nitrogens is 1. The first kappa shape index (κ1) is 9.76. The lowest BCUT2D eigenvalue weighted by molar-refractivity contribution is 0.608. The third-order valence-electron chi connectivity index (χ3n) is 1.10. The molecule has 1 heterocycles. The summed E-state index contributed by atoms with van der Waals surface area (Å²) in [7, 11) is 1.24. The highest BCUT2D eigenvalue weighted by Gasteiger charge is 2.14. The van der Waals surface area contributed by atoms with Crippen LogP contribution in [0.1, 0.15) is 0 Å². The van der Waals surface area contributed by atoms with Crippen LogP contribution in [0.2, 0.25) is 0 Å². The molecule has 66 valence electrons. The fourth-order valence-electron chi connectivity index (χ4n) is 0.624. The molecule has 0 unspecified atom stereocenters. The second kappa shape index (κ2) is 3.20. The second-order valence-corrected chi connectivity index (χ2v) is 5.27. The van der Waals surface area contributed by atoms with Crippen LogP contribution in [0.3, 0.4) is 0 Å². The van der Waals surface area contributed by atoms with Gasteiger partial charge in [0.25, 0.3) is 9.05 Å². The fraction of sp³-hybridized carbons (Fsp3) is 0. The Kier molecular flexibility index (Phi) is 2.60. The van der Waals surface area contributed by atoms with Crippen molar-refractivity contribution in [2.24, 2.45) is 0 Å². The lowest BCUT2D eigenvalue weighted by atomic mass is 10.5. The lowest BCUT2D eigenvalue weighted by Crippen LogP contribution is -2.06. The van der Waals surface area contributed by atoms with E-state index in [2.05, 4.69) is 20.9 Å². The molecule has 1 aromatic heterocycles. The number of pyridine rings is 1. The average molecular weight is 273 g/mol. The van der Waals surface area contributed by atoms with E-state index in [9.17, 15) is 13.2 Å². The van der Waals surface area contributed by atoms with Crippen molar-refractivity contribution in [3.63, 3.8) is 0 Å². The maximum Gasteiger partial charge on any atom is 0.263 e. The molecule has 0 atom stereocenters. The molecule has 0 aliphatic carbocycles. The Hall–Kier alpha value is -0.330. The fourth-order valence-corrected chi connectivity index (χ4v) is 2.75. The Morgan fingerprint density at radius 1 is 1.42 bits per heavy atom. The van der Waals surface area contributed by atoms with E-state index >= 15 is 0 Å². The third-order valence-corrected chi connectivity index (χ3v) is 3.35. The van der Waals surface area contributed by atoms with Gasteiger partial charge in [0.05, 0.1) is 0 Å². The molecule has 0 bridgehead atoms. The zero-order valence-corrected chi connectivity index (χ0v) is 8.70. The molecule has 12 heavy (non-hydrogen) atoms. The van der Waals surface area contributed by atoms with Crippen molar-refractivity contribution in [3.05, 3.63) is 27.1 Å². The number of hydrogen-bond acceptors (Lipinski definition) is 3. The van der Waals surface area contributed by atoms with Gasteiger partial charge in [0.1, 0.15) is 9.50 Å². The summed E-state index contributed by atoms with van der Waals surface area (Å²) in [6, 6.07) is 2.21. The normalized spacial score (nSPS) is 11.5. The van der Waals surface area contributed by atoms with Gasteiger partial charge in [0, 0.05) is 16.7 Å². The van der Waals surface area contributed by atoms with Crippen molar-refractivity contribution in [2.75, 3.05) is 0 Å². The number of rotatable bonds is 1. The average Bonchev–Trinajstić information content (AvgIpc) is 1.83. The van der Waals surface area contributed by atoms with Gasteiger partial charge in [-0.3, -0.25) is 4.79 Å². The van der Waals surface area contributed by atoms with Crippen molar-refractivity contribution in [1.82, 2.24) is 4.98 Å². The molecule has 4 nitrogen and oxygen atoms in total. The van der Waals surface area contributed by atoms with E-state index in [4.69, 9.17) is 10.7 Å². The van der Waals surface area contributed by atoms with E-state index in [-0.39, 0.29) is 9.50 Å². The summed E-state index contributed by atoms with van der Waals surface area (Å²) in [4.78, 5) is 12.7. The largest absolute Gasteiger partial charge is 0.316 e. The molecule has 0 saturated heterocycles. The van der Waals surface area contributed by atoms with Crippen LogP contribution in [0, 0.1) is 0 Å². The smallest absolute Gasteiger partial charge is 0.263 e. The van der Waals surface area contributed by atoms with Crippen molar-refractivity contribution >= 4 is 35.7 Å². The minimum Gasteiger partial charge on any atom is -0.316 e. The maximum absolute atomic E-state index is 10.8. The zero-order chi connectivity index (χ0) is 9.35. The SMILES string of the molecule is O=c1ccc(S(=O)(=O)Cl)c(Br)[nH]1. The van der Waals surface area contributed by atoms with Gasteiger partial charge in [-0.15, -0.1) is 0 Å². The van der Waals surface area contributed by atoms with Crippen molar-refractivity contribution in [1.29, 1.82) is 0 Å². The van der Waals surface area contributed by atoms with E-state index < -0.39 is 14.6 Å². The molecule has 0 amide bonds. The molecule has 0 fully saturated rings. The molecule has 0 aliphatic heterocycles. The predicted molar refractivity (Wildman–Crippen MR) is 47.8 cm³/mol. The van der Waals surface area contributed by atoms with Gasteiger partial charge in [-0.05, 0) is 22.0 Å². The Bertz CT molecular complexity index is 452. The Morgan fingerprint density at radius 2 is 2.00 bits per heavy atom. The summed E-state index contributed by atoms with van der Waals surface area (Å²) in [5.41, 5.74) is -0.397. The van der Waals surface area contributed by atoms with Gasteiger partial charge in [0.15, 0.2) is 0 Å². The van der Waals surface area contributed by atoms with E-state index in [1.807, 2.05) is 0 Å². The molecule has 0 aliphatic rings. The summed E-state index contributed by atoms with van der Waals surface area (Å²) in [5.74, 6) is 0. The second-order valence-electron chi connectivity index (χ2n) is 1.94. The molecule has 1 aromatic rings. The van der Waals surface area contributed by atoms with Gasteiger partial charge >= 0.3 is 0 Å². The Morgan fingerprint density at radius 3 is 2.42 bits per heavy atom. The lowest BCUT2D eigenvalue weighted by Gasteiger charge is -1.96. The van der Waals surface area contributed by atoms with Gasteiger partial charge < -0.3 is 4.98 Å². The van der Waals surface area contributed by atoms with Crippen LogP contribution in [0.5, 0.6) is 0 Å². The standard InChI is InChI=1S/C5H3BrClNO3S/c6-5-3(12(7,10)11)1-2-4(9)8-5/h1-2H,(H,8,9). The van der Waals surface area contributed by atoms with Gasteiger partial charge in [0.2, 0.25) is 5.56 Å². The van der Waals surface area contributed by atoms with Gasteiger partial charge in [-0.2, -0.15) is 0 Å². The molecule has 0 saturated carbocycles. The van der Waals surface area contributed by atoms with Gasteiger partial charge in [-0.1, -0.05) is 0 Å². The minimum atomic E-state index is -3.80. The van der Waals surface area contributed by atoms with E-state index in [0.29, 0.717) is 0 Å². The van der Waals surface area contributed by atoms with E-state index in [1.165, 1.54) is 0 Å². The monoisotopic (exact) mass is 271 g/mol. The molecule has 0 radical (unpaired) electrons. The molecule has 1 N–H and O–H groups in total. The summed E-state index contributed by atoms with van der Waals surface area (Å²) >= 11 is 2.86. The topological polar surface area (TPSA) is 67.0 Å². The molecule has 7 heteroatoms. The number of H-pyrrole nitrogens is 1. The minimum absolute atomic E-state index is 0.0602. The van der Waals surface area contributed by atoms with Crippen molar-refractivity contribution in [3.8, 4) is 0 Å². The summed E-state index contributed by atoms with van der Waals surface area (Å²) in [6.07, 6.45) is 0. The zero-order valence-electron chi connectivity index (χ0n) is 5.54. The summed E-state index contributed by atoms with van der Waals surface area (Å²) in [5, 5.41) is 0. The first-order valence-electron chi connectivity index (χ1n) is 2.75. The molecular formula is C5H3BrClNO3S. The molecule has 0 aromatic carbocycles.